The van der Waals surface area contributed by atoms with E-state index in [0.29, 0.717) is 12.8 Å². The first-order valence-corrected chi connectivity index (χ1v) is 39.6. The summed E-state index contributed by atoms with van der Waals surface area (Å²) in [4.78, 5) is 52.1. The fourth-order valence-electron chi connectivity index (χ4n) is 14.2. The monoisotopic (exact) mass is 1500 g/mol. The van der Waals surface area contributed by atoms with Crippen molar-refractivity contribution >= 4 is 23.7 Å². The third-order valence-electron chi connectivity index (χ3n) is 20.5. The summed E-state index contributed by atoms with van der Waals surface area (Å²) in [5, 5.41) is 163. The summed E-state index contributed by atoms with van der Waals surface area (Å²) in [5.74, 6) is -7.36. The number of unbranched alkanes of at least 4 members (excludes halogenated alkanes) is 33. The van der Waals surface area contributed by atoms with E-state index in [2.05, 4.69) is 29.8 Å². The van der Waals surface area contributed by atoms with Crippen molar-refractivity contribution in [2.24, 2.45) is 0 Å². The van der Waals surface area contributed by atoms with Gasteiger partial charge in [-0.3, -0.25) is 14.4 Å². The van der Waals surface area contributed by atoms with Gasteiger partial charge in [-0.05, 0) is 19.3 Å². The number of carboxylic acid groups (broad SMARTS) is 1. The number of nitrogens with one attached hydrogen (secondary N) is 3. The van der Waals surface area contributed by atoms with Gasteiger partial charge in [0.2, 0.25) is 17.7 Å². The molecule has 0 radical (unpaired) electrons. The number of aliphatic hydroxyl groups excluding tert-OH is 13. The largest absolute Gasteiger partial charge is 0.477 e. The van der Waals surface area contributed by atoms with Gasteiger partial charge in [-0.2, -0.15) is 0 Å². The molecular weight excluding hydrogens is 1360 g/mol. The molecule has 0 bridgehead atoms. The van der Waals surface area contributed by atoms with Gasteiger partial charge in [-0.15, -0.1) is 0 Å². The number of carbonyl (C=O) groups is 4. The van der Waals surface area contributed by atoms with Crippen molar-refractivity contribution in [3.63, 3.8) is 0 Å². The highest BCUT2D eigenvalue weighted by Gasteiger charge is 2.62. The molecule has 4 heterocycles. The number of carbonyl (C=O) groups excluding carboxylic acids is 3. The number of rotatable bonds is 57. The lowest BCUT2D eigenvalue weighted by Crippen LogP contribution is -2.72. The summed E-state index contributed by atoms with van der Waals surface area (Å²) < 4.78 is 48.0. The molecule has 608 valence electrons. The van der Waals surface area contributed by atoms with Crippen molar-refractivity contribution < 1.29 is 129 Å². The SMILES string of the molecule is CCCCCCCCCCCCC/C=C/[C@@H](O)[C@H](CO[C@@H]1O[C@H](CO)[C@@H](O[C@@H]2O[C@H](CO)[C@H](O[C@@H]3O[C@H](CO)[C@H](O)[C@H](O)[C@H]3NC(C)=O)[C@H](O[C@]3(C(=O)O)C[C@H](O)[C@@H](NC(C)=O)C([C@H](O)[C@H](O)CO)O3)[C@H]2O)[C@H](O)[C@H]1O)NC(=O)CCCCCCCCCCCCCCCCCCCCCCCCC. The Labute approximate surface area is 616 Å². The lowest BCUT2D eigenvalue weighted by atomic mass is 9.88. The van der Waals surface area contributed by atoms with E-state index in [9.17, 15) is 90.7 Å². The van der Waals surface area contributed by atoms with Crippen molar-refractivity contribution in [2.45, 2.75) is 406 Å². The molecule has 0 spiro atoms. The van der Waals surface area contributed by atoms with Crippen LogP contribution in [0, 0.1) is 0 Å². The summed E-state index contributed by atoms with van der Waals surface area (Å²) in [6.45, 7) is 1.77. The standard InChI is InChI=1S/C75H137N3O26/c1-5-7-9-11-13-15-17-19-20-21-22-23-24-25-26-27-28-30-32-34-36-38-40-42-58(88)78-51(52(85)41-39-37-35-33-31-29-18-16-14-12-10-8-6-2)48-97-72-65(93)64(92)67(56(46-81)99-72)101-73-66(94)70(68(57(47-82)100-73)102-71-60(77-50(4)84)63(91)62(90)55(45-80)98-71)104-75(74(95)96)43-53(86)59(76-49(3)83)69(103-75)61(89)54(87)44-79/h39,41,51-57,59-73,79-82,85-87,89-94H,5-38,40,42-48H2,1-4H3,(H,76,83)(H,77,84)(H,78,88)(H,95,96)/b41-39+/t51-,52+,53-,54+,55+,56+,57+,59+,60+,61+,62-,63+,64+,65+,66+,67+,68-,69?,70+,71-,72+,73-,75-/m0/s1. The third-order valence-corrected chi connectivity index (χ3v) is 20.5. The zero-order valence-electron chi connectivity index (χ0n) is 62.7. The maximum Gasteiger partial charge on any atom is 0.364 e. The van der Waals surface area contributed by atoms with Crippen LogP contribution in [0.3, 0.4) is 0 Å². The molecule has 4 fully saturated rings. The molecule has 0 aromatic heterocycles. The van der Waals surface area contributed by atoms with Gasteiger partial charge in [-0.25, -0.2) is 4.79 Å². The average molecular weight is 1500 g/mol. The highest BCUT2D eigenvalue weighted by molar-refractivity contribution is 5.77. The van der Waals surface area contributed by atoms with Gasteiger partial charge in [0, 0.05) is 26.7 Å². The van der Waals surface area contributed by atoms with Gasteiger partial charge in [0.1, 0.15) is 91.5 Å². The predicted molar refractivity (Wildman–Crippen MR) is 383 cm³/mol. The summed E-state index contributed by atoms with van der Waals surface area (Å²) in [6, 6.07) is -4.52. The van der Waals surface area contributed by atoms with Crippen LogP contribution in [0.5, 0.6) is 0 Å². The molecular formula is C75H137N3O26. The van der Waals surface area contributed by atoms with E-state index in [1.807, 2.05) is 6.08 Å². The second-order valence-electron chi connectivity index (χ2n) is 29.3. The number of aliphatic carboxylic acids is 1. The van der Waals surface area contributed by atoms with Crippen molar-refractivity contribution in [1.82, 2.24) is 16.0 Å². The van der Waals surface area contributed by atoms with Crippen LogP contribution in [0.15, 0.2) is 12.2 Å². The number of amides is 3. The van der Waals surface area contributed by atoms with Crippen molar-refractivity contribution in [3.8, 4) is 0 Å². The average Bonchev–Trinajstić information content (AvgIpc) is 0.749. The molecule has 17 N–H and O–H groups in total. The number of ether oxygens (including phenoxy) is 8. The number of hydrogen-bond acceptors (Lipinski definition) is 25. The minimum atomic E-state index is -3.28. The van der Waals surface area contributed by atoms with E-state index in [1.165, 1.54) is 161 Å². The van der Waals surface area contributed by atoms with Crippen molar-refractivity contribution in [3.05, 3.63) is 12.2 Å². The second-order valence-corrected chi connectivity index (χ2v) is 29.3. The molecule has 0 aromatic rings. The fourth-order valence-corrected chi connectivity index (χ4v) is 14.2. The highest BCUT2D eigenvalue weighted by atomic mass is 16.8. The van der Waals surface area contributed by atoms with Gasteiger partial charge in [0.15, 0.2) is 18.9 Å². The van der Waals surface area contributed by atoms with Crippen LogP contribution in [0.25, 0.3) is 0 Å². The molecule has 4 aliphatic rings. The first kappa shape index (κ1) is 93.2. The molecule has 104 heavy (non-hydrogen) atoms. The Morgan fingerprint density at radius 2 is 0.933 bits per heavy atom. The number of aliphatic hydroxyl groups is 13. The Bertz CT molecular complexity index is 2320. The smallest absolute Gasteiger partial charge is 0.364 e. The highest BCUT2D eigenvalue weighted by Crippen LogP contribution is 2.40. The minimum absolute atomic E-state index is 0.163. The van der Waals surface area contributed by atoms with Crippen molar-refractivity contribution in [1.29, 1.82) is 0 Å². The zero-order valence-corrected chi connectivity index (χ0v) is 62.7. The van der Waals surface area contributed by atoms with Crippen molar-refractivity contribution in [2.75, 3.05) is 33.0 Å². The van der Waals surface area contributed by atoms with Crippen LogP contribution in [0.1, 0.15) is 265 Å². The number of allylic oxidation sites excluding steroid dienone is 1. The summed E-state index contributed by atoms with van der Waals surface area (Å²) in [5.41, 5.74) is 0. The maximum absolute atomic E-state index is 13.6. The summed E-state index contributed by atoms with van der Waals surface area (Å²) in [6.07, 6.45) is 6.59. The third kappa shape index (κ3) is 32.4. The van der Waals surface area contributed by atoms with Gasteiger partial charge >= 0.3 is 5.97 Å². The molecule has 4 aliphatic heterocycles. The predicted octanol–water partition coefficient (Wildman–Crippen LogP) is 4.25. The zero-order chi connectivity index (χ0) is 76.4. The van der Waals surface area contributed by atoms with Crippen LogP contribution in [0.4, 0.5) is 0 Å². The van der Waals surface area contributed by atoms with Crippen LogP contribution < -0.4 is 16.0 Å². The topological polar surface area (TPSA) is 461 Å². The van der Waals surface area contributed by atoms with Gasteiger partial charge in [-0.1, -0.05) is 231 Å². The maximum atomic E-state index is 13.6. The van der Waals surface area contributed by atoms with Crippen LogP contribution in [0.2, 0.25) is 0 Å². The Balaban J connectivity index is 1.45. The fraction of sp³-hybridized carbons (Fsp3) is 0.920. The van der Waals surface area contributed by atoms with E-state index in [4.69, 9.17) is 37.9 Å². The van der Waals surface area contributed by atoms with E-state index >= 15 is 0 Å². The number of hydrogen-bond donors (Lipinski definition) is 17. The van der Waals surface area contributed by atoms with E-state index < -0.39 is 198 Å². The molecule has 0 aromatic carbocycles. The first-order chi connectivity index (χ1) is 50.0. The molecule has 1 unspecified atom stereocenters. The minimum Gasteiger partial charge on any atom is -0.477 e. The first-order valence-electron chi connectivity index (χ1n) is 39.6. The van der Waals surface area contributed by atoms with E-state index in [-0.39, 0.29) is 12.3 Å². The Hall–Kier alpha value is -3.22. The second kappa shape index (κ2) is 52.8. The molecule has 0 aliphatic carbocycles. The molecule has 29 heteroatoms. The molecule has 4 rings (SSSR count). The normalized spacial score (nSPS) is 30.8. The Morgan fingerprint density at radius 1 is 0.500 bits per heavy atom. The van der Waals surface area contributed by atoms with Gasteiger partial charge < -0.3 is 125 Å². The molecule has 29 nitrogen and oxygen atoms in total. The lowest BCUT2D eigenvalue weighted by Gasteiger charge is -2.52. The van der Waals surface area contributed by atoms with E-state index in [0.717, 1.165) is 65.2 Å². The molecule has 0 saturated carbocycles. The molecule has 23 atom stereocenters. The summed E-state index contributed by atoms with van der Waals surface area (Å²) in [7, 11) is 0. The Kier molecular flexibility index (Phi) is 47.3. The molecule has 3 amide bonds. The quantitative estimate of drug-likeness (QED) is 0.0299. The number of carboxylic acids is 1. The lowest BCUT2D eigenvalue weighted by molar-refractivity contribution is -0.401. The Morgan fingerprint density at radius 3 is 1.39 bits per heavy atom. The van der Waals surface area contributed by atoms with Gasteiger partial charge in [0.05, 0.1) is 57.3 Å². The molecule has 4 saturated heterocycles. The van der Waals surface area contributed by atoms with Gasteiger partial charge in [0.25, 0.3) is 5.79 Å². The van der Waals surface area contributed by atoms with Crippen LogP contribution in [-0.2, 0) is 57.1 Å². The summed E-state index contributed by atoms with van der Waals surface area (Å²) >= 11 is 0. The van der Waals surface area contributed by atoms with Crippen LogP contribution in [-0.4, -0.2) is 269 Å². The van der Waals surface area contributed by atoms with Crippen LogP contribution >= 0.6 is 0 Å². The van der Waals surface area contributed by atoms with E-state index in [1.54, 1.807) is 6.08 Å².